The molecule has 0 unspecified atom stereocenters. The van der Waals surface area contributed by atoms with Crippen LogP contribution in [0.2, 0.25) is 0 Å². The van der Waals surface area contributed by atoms with Crippen LogP contribution in [0.5, 0.6) is 0 Å². The molecule has 11 heteroatoms. The molecule has 2 saturated heterocycles. The fourth-order valence-electron chi connectivity index (χ4n) is 2.42. The molecule has 1 N–H and O–H groups in total. The molecule has 2 fully saturated rings. The zero-order chi connectivity index (χ0) is 19.9. The summed E-state index contributed by atoms with van der Waals surface area (Å²) in [4.78, 5) is 42.1. The number of oxime groups is 1. The Morgan fingerprint density at radius 1 is 1.39 bits per heavy atom. The maximum Gasteiger partial charge on any atom is 0.335 e. The Morgan fingerprint density at radius 2 is 2.25 bits per heavy atom. The summed E-state index contributed by atoms with van der Waals surface area (Å²) in [7, 11) is 0. The second-order valence-corrected chi connectivity index (χ2v) is 8.49. The van der Waals surface area contributed by atoms with Gasteiger partial charge in [-0.05, 0) is 41.9 Å². The summed E-state index contributed by atoms with van der Waals surface area (Å²) in [6.07, 6.45) is 5.45. The molecule has 0 bridgehead atoms. The maximum absolute atomic E-state index is 11.9. The molecule has 0 aliphatic carbocycles. The number of rotatable bonds is 8. The van der Waals surface area contributed by atoms with Gasteiger partial charge < -0.3 is 9.25 Å². The van der Waals surface area contributed by atoms with E-state index in [9.17, 15) is 14.4 Å². The van der Waals surface area contributed by atoms with E-state index in [-0.39, 0.29) is 23.4 Å². The topological polar surface area (TPSA) is 101 Å². The third kappa shape index (κ3) is 5.69. The number of nitrogens with one attached hydrogen (secondary N) is 1. The number of thioether (sulfide) groups is 2. The minimum Gasteiger partial charge on any atom is -0.465 e. The quantitative estimate of drug-likeness (QED) is 0.217. The van der Waals surface area contributed by atoms with Gasteiger partial charge >= 0.3 is 5.97 Å². The van der Waals surface area contributed by atoms with Crippen LogP contribution in [0.4, 0.5) is 0 Å². The Kier molecular flexibility index (Phi) is 7.29. The summed E-state index contributed by atoms with van der Waals surface area (Å²) in [5.41, 5.74) is 0. The highest BCUT2D eigenvalue weighted by atomic mass is 32.2. The van der Waals surface area contributed by atoms with E-state index in [2.05, 4.69) is 10.5 Å². The number of furan rings is 1. The molecule has 2 aliphatic heterocycles. The zero-order valence-electron chi connectivity index (χ0n) is 14.7. The second kappa shape index (κ2) is 9.89. The molecular weight excluding hydrogens is 422 g/mol. The number of hydrogen-bond acceptors (Lipinski definition) is 9. The Morgan fingerprint density at radius 3 is 2.96 bits per heavy atom. The highest BCUT2D eigenvalue weighted by Crippen LogP contribution is 2.26. The van der Waals surface area contributed by atoms with Gasteiger partial charge in [0.25, 0.3) is 5.91 Å². The van der Waals surface area contributed by atoms with Crippen LogP contribution in [0.25, 0.3) is 6.08 Å². The molecule has 0 aromatic carbocycles. The summed E-state index contributed by atoms with van der Waals surface area (Å²) in [6, 6.07) is 3.44. The Hall–Kier alpha value is -2.11. The van der Waals surface area contributed by atoms with Gasteiger partial charge in [-0.2, -0.15) is 0 Å². The van der Waals surface area contributed by atoms with Crippen molar-refractivity contribution in [3.63, 3.8) is 0 Å². The van der Waals surface area contributed by atoms with Gasteiger partial charge in [0, 0.05) is 19.0 Å². The van der Waals surface area contributed by atoms with Crippen LogP contribution in [0, 0.1) is 0 Å². The number of unbranched alkanes of at least 4 members (excludes halogenated alkanes) is 2. The van der Waals surface area contributed by atoms with E-state index >= 15 is 0 Å². The van der Waals surface area contributed by atoms with Crippen molar-refractivity contribution in [3.05, 3.63) is 29.1 Å². The van der Waals surface area contributed by atoms with E-state index in [1.165, 1.54) is 18.0 Å². The number of hydrogen-bond donors (Lipinski definition) is 1. The number of carbonyl (C=O) groups excluding carboxylic acids is 3. The van der Waals surface area contributed by atoms with Crippen molar-refractivity contribution < 1.29 is 23.6 Å². The van der Waals surface area contributed by atoms with Gasteiger partial charge in [0.2, 0.25) is 11.1 Å². The van der Waals surface area contributed by atoms with E-state index in [0.29, 0.717) is 33.7 Å². The molecule has 1 aromatic heterocycles. The molecule has 28 heavy (non-hydrogen) atoms. The first-order chi connectivity index (χ1) is 13.5. The molecule has 3 rings (SSSR count). The molecule has 1 aromatic rings. The molecule has 2 amide bonds. The van der Waals surface area contributed by atoms with Crippen molar-refractivity contribution in [1.29, 1.82) is 0 Å². The lowest BCUT2D eigenvalue weighted by atomic mass is 10.2. The number of thiocarbonyl (C=S) groups is 1. The Labute approximate surface area is 175 Å². The van der Waals surface area contributed by atoms with Gasteiger partial charge in [-0.1, -0.05) is 30.4 Å². The van der Waals surface area contributed by atoms with Crippen molar-refractivity contribution >= 4 is 69.1 Å². The average molecular weight is 440 g/mol. The summed E-state index contributed by atoms with van der Waals surface area (Å²) >= 11 is 7.56. The van der Waals surface area contributed by atoms with Crippen LogP contribution in [-0.4, -0.2) is 44.5 Å². The lowest BCUT2D eigenvalue weighted by Gasteiger charge is -2.14. The minimum atomic E-state index is -0.478. The number of amides is 2. The molecule has 2 aliphatic rings. The highest BCUT2D eigenvalue weighted by molar-refractivity contribution is 8.24. The molecule has 8 nitrogen and oxygen atoms in total. The summed E-state index contributed by atoms with van der Waals surface area (Å²) in [6.45, 7) is 0.579. The molecular formula is C17H17N3O5S3. The van der Waals surface area contributed by atoms with Crippen molar-refractivity contribution in [3.8, 4) is 0 Å². The summed E-state index contributed by atoms with van der Waals surface area (Å²) in [5, 5.41) is 6.42. The monoisotopic (exact) mass is 439 g/mol. The largest absolute Gasteiger partial charge is 0.465 e. The van der Waals surface area contributed by atoms with Crippen molar-refractivity contribution in [1.82, 2.24) is 10.2 Å². The first-order valence-electron chi connectivity index (χ1n) is 8.52. The maximum atomic E-state index is 11.9. The van der Waals surface area contributed by atoms with Gasteiger partial charge in [-0.25, -0.2) is 4.79 Å². The Balaban J connectivity index is 1.34. The fraction of sp³-hybridized carbons (Fsp3) is 0.353. The third-order valence-corrected chi connectivity index (χ3v) is 6.13. The van der Waals surface area contributed by atoms with Crippen LogP contribution < -0.4 is 5.32 Å². The van der Waals surface area contributed by atoms with E-state index in [4.69, 9.17) is 21.5 Å². The smallest absolute Gasteiger partial charge is 0.335 e. The Bertz CT molecular complexity index is 819. The predicted molar refractivity (Wildman–Crippen MR) is 111 cm³/mol. The van der Waals surface area contributed by atoms with Crippen LogP contribution in [-0.2, 0) is 19.2 Å². The molecule has 3 heterocycles. The number of amidine groups is 1. The summed E-state index contributed by atoms with van der Waals surface area (Å²) in [5.74, 6) is 0.198. The van der Waals surface area contributed by atoms with Crippen molar-refractivity contribution in [2.24, 2.45) is 5.16 Å². The molecule has 148 valence electrons. The van der Waals surface area contributed by atoms with Gasteiger partial charge in [-0.15, -0.1) is 0 Å². The first kappa shape index (κ1) is 20.6. The van der Waals surface area contributed by atoms with Crippen molar-refractivity contribution in [2.75, 3.05) is 12.3 Å². The predicted octanol–water partition coefficient (Wildman–Crippen LogP) is 2.72. The first-order valence-corrected chi connectivity index (χ1v) is 10.7. The third-order valence-electron chi connectivity index (χ3n) is 3.80. The molecule has 0 atom stereocenters. The van der Waals surface area contributed by atoms with Crippen molar-refractivity contribution in [2.45, 2.75) is 25.7 Å². The van der Waals surface area contributed by atoms with Crippen LogP contribution >= 0.6 is 35.7 Å². The average Bonchev–Trinajstić information content (AvgIpc) is 3.38. The number of nitrogens with zero attached hydrogens (tertiary/aromatic N) is 2. The fourth-order valence-corrected chi connectivity index (χ4v) is 4.29. The van der Waals surface area contributed by atoms with Gasteiger partial charge in [0.05, 0.1) is 16.9 Å². The minimum absolute atomic E-state index is 0.0433. The highest BCUT2D eigenvalue weighted by Gasteiger charge is 2.26. The van der Waals surface area contributed by atoms with Gasteiger partial charge in [0.15, 0.2) is 0 Å². The van der Waals surface area contributed by atoms with Crippen LogP contribution in [0.3, 0.4) is 0 Å². The molecule has 0 spiro atoms. The second-order valence-electron chi connectivity index (χ2n) is 5.85. The van der Waals surface area contributed by atoms with Gasteiger partial charge in [-0.3, -0.25) is 19.8 Å². The van der Waals surface area contributed by atoms with Crippen LogP contribution in [0.1, 0.15) is 31.4 Å². The van der Waals surface area contributed by atoms with E-state index in [1.54, 1.807) is 23.1 Å². The molecule has 0 saturated carbocycles. The number of carbonyl (C=O) groups is 3. The lowest BCUT2D eigenvalue weighted by Crippen LogP contribution is -2.29. The normalized spacial score (nSPS) is 19.7. The van der Waals surface area contributed by atoms with Gasteiger partial charge in [0.1, 0.15) is 10.1 Å². The lowest BCUT2D eigenvalue weighted by molar-refractivity contribution is -0.143. The molecule has 0 radical (unpaired) electrons. The van der Waals surface area contributed by atoms with Crippen LogP contribution in [0.15, 0.2) is 32.9 Å². The van der Waals surface area contributed by atoms with E-state index < -0.39 is 5.97 Å². The standard InChI is InChI=1S/C17H17N3O5S3/c21-13-10-27-17(26)20(13)7-3-1-2-6-14(22)25-19-16-18-15(23)12(28-16)9-11-5-4-8-24-11/h4-5,8-9H,1-3,6-7,10H2,(H,18,19,23)/b12-9-. The van der Waals surface area contributed by atoms with E-state index in [0.717, 1.165) is 24.6 Å². The SMILES string of the molecule is O=C(CCCCCN1C(=O)CSC1=S)O/N=C1/NC(=O)/C(=C/c2ccco2)S1. The van der Waals surface area contributed by atoms with E-state index in [1.807, 2.05) is 0 Å². The summed E-state index contributed by atoms with van der Waals surface area (Å²) < 4.78 is 5.78. The zero-order valence-corrected chi connectivity index (χ0v) is 17.2.